The van der Waals surface area contributed by atoms with Gasteiger partial charge in [0.25, 0.3) is 11.7 Å². The van der Waals surface area contributed by atoms with E-state index in [0.717, 1.165) is 0 Å². The van der Waals surface area contributed by atoms with E-state index in [4.69, 9.17) is 43.2 Å². The van der Waals surface area contributed by atoms with Crippen LogP contribution < -0.4 is 43.2 Å². The maximum atomic E-state index is 5.90. The van der Waals surface area contributed by atoms with E-state index >= 15 is 0 Å². The number of anilines is 2. The minimum atomic E-state index is 0.212. The summed E-state index contributed by atoms with van der Waals surface area (Å²) in [7, 11) is 0. The van der Waals surface area contributed by atoms with E-state index in [1.165, 1.54) is 0 Å². The fourth-order valence-corrected chi connectivity index (χ4v) is 2.14. The molecule has 0 saturated carbocycles. The molecule has 0 aliphatic carbocycles. The van der Waals surface area contributed by atoms with E-state index in [1.54, 1.807) is 36.4 Å². The van der Waals surface area contributed by atoms with E-state index in [2.05, 4.69) is 0 Å². The lowest BCUT2D eigenvalue weighted by Crippen LogP contribution is -2.46. The van der Waals surface area contributed by atoms with Crippen molar-refractivity contribution in [1.82, 2.24) is 0 Å². The third-order valence-electron chi connectivity index (χ3n) is 3.49. The van der Waals surface area contributed by atoms with Crippen LogP contribution in [0.3, 0.4) is 0 Å². The molecule has 8 nitrogen and oxygen atoms in total. The van der Waals surface area contributed by atoms with Gasteiger partial charge in [-0.05, 0) is 36.4 Å². The largest absolute Gasteiger partial charge is 0.491 e. The van der Waals surface area contributed by atoms with Crippen LogP contribution in [0, 0.1) is 0 Å². The number of nitrogen functional groups attached to an aromatic ring is 2. The summed E-state index contributed by atoms with van der Waals surface area (Å²) < 4.78 is 11.3. The summed E-state index contributed by atoms with van der Waals surface area (Å²) in [5.74, 6) is 1.57. The van der Waals surface area contributed by atoms with E-state index in [9.17, 15) is 0 Å². The van der Waals surface area contributed by atoms with Gasteiger partial charge in [0.05, 0.1) is 35.7 Å². The van der Waals surface area contributed by atoms with Gasteiger partial charge in [0.2, 0.25) is 0 Å². The van der Waals surface area contributed by atoms with E-state index < -0.39 is 0 Å². The van der Waals surface area contributed by atoms with Crippen molar-refractivity contribution in [3.8, 4) is 11.5 Å². The highest BCUT2D eigenvalue weighted by Crippen LogP contribution is 2.23. The van der Waals surface area contributed by atoms with Crippen LogP contribution in [0.15, 0.2) is 36.4 Å². The van der Waals surface area contributed by atoms with Gasteiger partial charge in [-0.25, -0.2) is 0 Å². The average molecular weight is 344 g/mol. The molecule has 2 aromatic carbocycles. The SMILES string of the molecule is NC(=[NH2+])c1ccc(OCCCOc2ccc(C(N)=[NH2+])cc2N)c(N)c1. The molecule has 0 aromatic heterocycles. The van der Waals surface area contributed by atoms with Gasteiger partial charge in [-0.15, -0.1) is 0 Å². The van der Waals surface area contributed by atoms with Crippen LogP contribution >= 0.6 is 0 Å². The van der Waals surface area contributed by atoms with Crippen LogP contribution in [-0.4, -0.2) is 24.9 Å². The molecule has 0 bridgehead atoms. The van der Waals surface area contributed by atoms with Crippen LogP contribution in [-0.2, 0) is 0 Å². The molecule has 0 amide bonds. The molecule has 25 heavy (non-hydrogen) atoms. The zero-order valence-corrected chi connectivity index (χ0v) is 13.9. The van der Waals surface area contributed by atoms with Gasteiger partial charge < -0.3 is 20.9 Å². The molecule has 12 N–H and O–H groups in total. The number of nitrogens with two attached hydrogens (primary N) is 6. The molecule has 0 saturated heterocycles. The summed E-state index contributed by atoms with van der Waals surface area (Å²) in [5, 5.41) is 11.0. The van der Waals surface area contributed by atoms with Crippen LogP contribution in [0.5, 0.6) is 11.5 Å². The highest BCUT2D eigenvalue weighted by atomic mass is 16.5. The number of hydrogen-bond acceptors (Lipinski definition) is 4. The molecule has 0 unspecified atom stereocenters. The molecule has 0 heterocycles. The molecule has 0 spiro atoms. The smallest absolute Gasteiger partial charge is 0.270 e. The first-order valence-electron chi connectivity index (χ1n) is 7.69. The van der Waals surface area contributed by atoms with Gasteiger partial charge in [-0.1, -0.05) is 0 Å². The van der Waals surface area contributed by atoms with E-state index in [1.807, 2.05) is 0 Å². The highest BCUT2D eigenvalue weighted by Gasteiger charge is 2.08. The fraction of sp³-hybridized carbons (Fsp3) is 0.176. The van der Waals surface area contributed by atoms with Gasteiger partial charge in [0, 0.05) is 6.42 Å². The Morgan fingerprint density at radius 2 is 1.16 bits per heavy atom. The summed E-state index contributed by atoms with van der Waals surface area (Å²) in [6, 6.07) is 10.3. The number of ether oxygens (including phenoxy) is 2. The average Bonchev–Trinajstić information content (AvgIpc) is 2.56. The summed E-state index contributed by atoms with van der Waals surface area (Å²) in [4.78, 5) is 0. The molecule has 2 rings (SSSR count). The van der Waals surface area contributed by atoms with Crippen molar-refractivity contribution >= 4 is 23.0 Å². The second-order valence-corrected chi connectivity index (χ2v) is 5.47. The Hall–Kier alpha value is -3.42. The molecule has 0 aliphatic rings. The lowest BCUT2D eigenvalue weighted by Gasteiger charge is -2.11. The van der Waals surface area contributed by atoms with Crippen molar-refractivity contribution < 1.29 is 20.3 Å². The molecule has 0 atom stereocenters. The normalized spacial score (nSPS) is 10.2. The van der Waals surface area contributed by atoms with E-state index in [-0.39, 0.29) is 11.7 Å². The maximum Gasteiger partial charge on any atom is 0.270 e. The maximum absolute atomic E-state index is 5.90. The molecule has 0 fully saturated rings. The van der Waals surface area contributed by atoms with Crippen LogP contribution in [0.2, 0.25) is 0 Å². The first-order valence-corrected chi connectivity index (χ1v) is 7.69. The Kier molecular flexibility index (Phi) is 5.67. The van der Waals surface area contributed by atoms with Crippen molar-refractivity contribution in [1.29, 1.82) is 0 Å². The first kappa shape index (κ1) is 17.9. The summed E-state index contributed by atoms with van der Waals surface area (Å²) in [6.07, 6.45) is 0.651. The monoisotopic (exact) mass is 344 g/mol. The standard InChI is InChI=1S/C17H22N6O2/c18-12-8-10(16(20)21)2-4-14(12)24-6-1-7-25-15-5-3-11(17(22)23)9-13(15)19/h2-5,8-9H,1,6-7,18-19H2,(H3,20,21)(H3,22,23)/p+2. The van der Waals surface area contributed by atoms with Gasteiger partial charge in [-0.2, -0.15) is 0 Å². The zero-order chi connectivity index (χ0) is 18.4. The number of amidine groups is 2. The van der Waals surface area contributed by atoms with Crippen molar-refractivity contribution in [3.05, 3.63) is 47.5 Å². The van der Waals surface area contributed by atoms with E-state index in [0.29, 0.717) is 53.6 Å². The number of benzene rings is 2. The Bertz CT molecular complexity index is 725. The van der Waals surface area contributed by atoms with Crippen molar-refractivity contribution in [2.24, 2.45) is 11.5 Å². The Morgan fingerprint density at radius 3 is 1.48 bits per heavy atom. The summed E-state index contributed by atoms with van der Waals surface area (Å²) in [5.41, 5.74) is 25.1. The van der Waals surface area contributed by atoms with Crippen LogP contribution in [0.25, 0.3) is 0 Å². The van der Waals surface area contributed by atoms with Gasteiger partial charge in [-0.3, -0.25) is 22.3 Å². The minimum absolute atomic E-state index is 0.212. The van der Waals surface area contributed by atoms with Gasteiger partial charge >= 0.3 is 0 Å². The topological polar surface area (TPSA) is 174 Å². The molecule has 2 aromatic rings. The van der Waals surface area contributed by atoms with Crippen LogP contribution in [0.4, 0.5) is 11.4 Å². The zero-order valence-electron chi connectivity index (χ0n) is 13.9. The van der Waals surface area contributed by atoms with Crippen molar-refractivity contribution in [3.63, 3.8) is 0 Å². The quantitative estimate of drug-likeness (QED) is 0.135. The molecule has 8 heteroatoms. The third kappa shape index (κ3) is 4.77. The Labute approximate surface area is 145 Å². The number of hydrogen-bond donors (Lipinski definition) is 6. The molecule has 132 valence electrons. The summed E-state index contributed by atoms with van der Waals surface area (Å²) >= 11 is 0. The molecule has 0 radical (unpaired) electrons. The Balaban J connectivity index is 1.80. The fourth-order valence-electron chi connectivity index (χ4n) is 2.14. The number of rotatable bonds is 8. The lowest BCUT2D eigenvalue weighted by molar-refractivity contribution is -0.115. The molecule has 0 aliphatic heterocycles. The predicted molar refractivity (Wildman–Crippen MR) is 97.8 cm³/mol. The first-order chi connectivity index (χ1) is 11.9. The van der Waals surface area contributed by atoms with Crippen LogP contribution in [0.1, 0.15) is 17.5 Å². The van der Waals surface area contributed by atoms with Gasteiger partial charge in [0.1, 0.15) is 11.5 Å². The highest BCUT2D eigenvalue weighted by molar-refractivity contribution is 5.94. The van der Waals surface area contributed by atoms with Gasteiger partial charge in [0.15, 0.2) is 0 Å². The van der Waals surface area contributed by atoms with Crippen molar-refractivity contribution in [2.75, 3.05) is 24.7 Å². The van der Waals surface area contributed by atoms with Crippen molar-refractivity contribution in [2.45, 2.75) is 6.42 Å². The predicted octanol–water partition coefficient (Wildman–Crippen LogP) is -2.37. The Morgan fingerprint density at radius 1 is 0.760 bits per heavy atom. The second-order valence-electron chi connectivity index (χ2n) is 5.47. The minimum Gasteiger partial charge on any atom is -0.491 e. The molecular weight excluding hydrogens is 320 g/mol. The second kappa shape index (κ2) is 7.91. The molecular formula is C17H24N6O2+2. The third-order valence-corrected chi connectivity index (χ3v) is 3.49. The lowest BCUT2D eigenvalue weighted by atomic mass is 10.2. The summed E-state index contributed by atoms with van der Waals surface area (Å²) in [6.45, 7) is 0.875.